The third-order valence-electron chi connectivity index (χ3n) is 2.90. The molecule has 1 amide bonds. The van der Waals surface area contributed by atoms with Gasteiger partial charge in [0, 0.05) is 10.5 Å². The summed E-state index contributed by atoms with van der Waals surface area (Å²) >= 11 is 3.22. The molecule has 0 atom stereocenters. The molecule has 0 saturated heterocycles. The Balaban J connectivity index is 2.05. The molecule has 23 heavy (non-hydrogen) atoms. The molecule has 2 rings (SSSR count). The van der Waals surface area contributed by atoms with Crippen LogP contribution in [0.15, 0.2) is 64.0 Å². The van der Waals surface area contributed by atoms with Crippen molar-refractivity contribution in [2.24, 2.45) is 0 Å². The summed E-state index contributed by atoms with van der Waals surface area (Å²) in [5, 5.41) is 0. The lowest BCUT2D eigenvalue weighted by atomic mass is 10.2. The first-order chi connectivity index (χ1) is 10.9. The highest BCUT2D eigenvalue weighted by atomic mass is 79.9. The average Bonchev–Trinajstić information content (AvgIpc) is 2.53. The molecule has 1 N–H and O–H groups in total. The van der Waals surface area contributed by atoms with Crippen LogP contribution in [0.2, 0.25) is 0 Å². The number of benzene rings is 2. The Morgan fingerprint density at radius 3 is 2.26 bits per heavy atom. The van der Waals surface area contributed by atoms with Gasteiger partial charge in [-0.1, -0.05) is 28.1 Å². The van der Waals surface area contributed by atoms with Gasteiger partial charge in [-0.05, 0) is 48.0 Å². The lowest BCUT2D eigenvalue weighted by molar-refractivity contribution is -0.114. The largest absolute Gasteiger partial charge is 0.497 e. The van der Waals surface area contributed by atoms with Gasteiger partial charge in [-0.25, -0.2) is 13.1 Å². The van der Waals surface area contributed by atoms with Gasteiger partial charge in [-0.3, -0.25) is 4.79 Å². The molecule has 0 saturated carbocycles. The molecule has 0 aliphatic rings. The van der Waals surface area contributed by atoms with Crippen molar-refractivity contribution in [2.75, 3.05) is 7.11 Å². The summed E-state index contributed by atoms with van der Waals surface area (Å²) < 4.78 is 31.9. The van der Waals surface area contributed by atoms with E-state index in [-0.39, 0.29) is 4.90 Å². The molecule has 0 fully saturated rings. The molecule has 7 heteroatoms. The van der Waals surface area contributed by atoms with E-state index >= 15 is 0 Å². The van der Waals surface area contributed by atoms with E-state index in [1.165, 1.54) is 18.2 Å². The van der Waals surface area contributed by atoms with E-state index in [0.29, 0.717) is 5.75 Å². The Labute approximate surface area is 143 Å². The van der Waals surface area contributed by atoms with E-state index in [1.54, 1.807) is 43.5 Å². The molecule has 2 aromatic rings. The second-order valence-corrected chi connectivity index (χ2v) is 7.13. The van der Waals surface area contributed by atoms with Crippen molar-refractivity contribution in [1.29, 1.82) is 0 Å². The molecule has 0 spiro atoms. The molecule has 0 unspecified atom stereocenters. The van der Waals surface area contributed by atoms with E-state index in [1.807, 2.05) is 4.72 Å². The van der Waals surface area contributed by atoms with Crippen molar-refractivity contribution in [3.63, 3.8) is 0 Å². The van der Waals surface area contributed by atoms with Crippen molar-refractivity contribution in [3.8, 4) is 5.75 Å². The predicted molar refractivity (Wildman–Crippen MR) is 91.5 cm³/mol. The maximum Gasteiger partial charge on any atom is 0.264 e. The Hall–Kier alpha value is -2.12. The van der Waals surface area contributed by atoms with Crippen LogP contribution in [0.25, 0.3) is 6.08 Å². The van der Waals surface area contributed by atoms with Gasteiger partial charge in [-0.2, -0.15) is 0 Å². The molecule has 0 radical (unpaired) electrons. The fourth-order valence-corrected chi connectivity index (χ4v) is 2.94. The zero-order chi connectivity index (χ0) is 16.9. The lowest BCUT2D eigenvalue weighted by Gasteiger charge is -2.04. The normalized spacial score (nSPS) is 11.4. The first-order valence-corrected chi connectivity index (χ1v) is 8.83. The molecular formula is C16H14BrNO4S. The van der Waals surface area contributed by atoms with Crippen LogP contribution in [-0.2, 0) is 14.8 Å². The highest BCUT2D eigenvalue weighted by Crippen LogP contribution is 2.15. The molecule has 120 valence electrons. The number of carbonyl (C=O) groups excluding carboxylic acids is 1. The first kappa shape index (κ1) is 17.2. The van der Waals surface area contributed by atoms with E-state index in [0.717, 1.165) is 16.1 Å². The predicted octanol–water partition coefficient (Wildman–Crippen LogP) is 2.98. The second-order valence-electron chi connectivity index (χ2n) is 4.53. The Kier molecular flexibility index (Phi) is 5.57. The van der Waals surface area contributed by atoms with Crippen LogP contribution >= 0.6 is 15.9 Å². The van der Waals surface area contributed by atoms with Crippen LogP contribution in [0.1, 0.15) is 5.56 Å². The van der Waals surface area contributed by atoms with Gasteiger partial charge < -0.3 is 4.74 Å². The molecular weight excluding hydrogens is 382 g/mol. The van der Waals surface area contributed by atoms with Crippen LogP contribution in [0.5, 0.6) is 5.75 Å². The average molecular weight is 396 g/mol. The minimum atomic E-state index is -3.88. The van der Waals surface area contributed by atoms with E-state index in [4.69, 9.17) is 4.74 Å². The van der Waals surface area contributed by atoms with Crippen LogP contribution in [0.3, 0.4) is 0 Å². The summed E-state index contributed by atoms with van der Waals surface area (Å²) in [5.74, 6) is -0.0202. The quantitative estimate of drug-likeness (QED) is 0.789. The summed E-state index contributed by atoms with van der Waals surface area (Å²) in [6, 6.07) is 13.0. The smallest absolute Gasteiger partial charge is 0.264 e. The van der Waals surface area contributed by atoms with E-state index < -0.39 is 15.9 Å². The molecule has 0 aromatic heterocycles. The number of rotatable bonds is 5. The number of nitrogens with one attached hydrogen (secondary N) is 1. The second kappa shape index (κ2) is 7.43. The van der Waals surface area contributed by atoms with Gasteiger partial charge >= 0.3 is 0 Å². The van der Waals surface area contributed by atoms with Gasteiger partial charge in [0.25, 0.3) is 15.9 Å². The minimum absolute atomic E-state index is 0.0203. The fraction of sp³-hybridized carbons (Fsp3) is 0.0625. The highest BCUT2D eigenvalue weighted by Gasteiger charge is 2.15. The summed E-state index contributed by atoms with van der Waals surface area (Å²) in [4.78, 5) is 11.8. The van der Waals surface area contributed by atoms with Gasteiger partial charge in [-0.15, -0.1) is 0 Å². The first-order valence-electron chi connectivity index (χ1n) is 6.55. The monoisotopic (exact) mass is 395 g/mol. The van der Waals surface area contributed by atoms with Crippen molar-refractivity contribution in [3.05, 3.63) is 64.6 Å². The van der Waals surface area contributed by atoms with Crippen molar-refractivity contribution >= 4 is 37.9 Å². The summed E-state index contributed by atoms with van der Waals surface area (Å²) in [5.41, 5.74) is 0.752. The van der Waals surface area contributed by atoms with Crippen molar-refractivity contribution in [2.45, 2.75) is 4.90 Å². The maximum absolute atomic E-state index is 12.1. The Morgan fingerprint density at radius 1 is 1.09 bits per heavy atom. The SMILES string of the molecule is COc1ccc(/C=C/C(=O)NS(=O)(=O)c2ccc(Br)cc2)cc1. The Bertz CT molecular complexity index is 812. The molecule has 5 nitrogen and oxygen atoms in total. The van der Waals surface area contributed by atoms with E-state index in [9.17, 15) is 13.2 Å². The number of ether oxygens (including phenoxy) is 1. The molecule has 0 bridgehead atoms. The topological polar surface area (TPSA) is 72.5 Å². The molecule has 0 heterocycles. The summed E-state index contributed by atoms with van der Waals surface area (Å²) in [6.07, 6.45) is 2.68. The van der Waals surface area contributed by atoms with Gasteiger partial charge in [0.05, 0.1) is 12.0 Å². The maximum atomic E-state index is 12.1. The molecule has 0 aliphatic heterocycles. The number of carbonyl (C=O) groups is 1. The summed E-state index contributed by atoms with van der Waals surface area (Å²) in [7, 11) is -2.32. The number of hydrogen-bond donors (Lipinski definition) is 1. The van der Waals surface area contributed by atoms with E-state index in [2.05, 4.69) is 15.9 Å². The summed E-state index contributed by atoms with van der Waals surface area (Å²) in [6.45, 7) is 0. The number of hydrogen-bond acceptors (Lipinski definition) is 4. The van der Waals surface area contributed by atoms with Crippen LogP contribution in [0, 0.1) is 0 Å². The lowest BCUT2D eigenvalue weighted by Crippen LogP contribution is -2.28. The fourth-order valence-electron chi connectivity index (χ4n) is 1.73. The molecule has 2 aromatic carbocycles. The van der Waals surface area contributed by atoms with Gasteiger partial charge in [0.15, 0.2) is 0 Å². The zero-order valence-corrected chi connectivity index (χ0v) is 14.6. The third-order valence-corrected chi connectivity index (χ3v) is 4.79. The van der Waals surface area contributed by atoms with Gasteiger partial charge in [0.1, 0.15) is 5.75 Å². The third kappa shape index (κ3) is 4.94. The van der Waals surface area contributed by atoms with Gasteiger partial charge in [0.2, 0.25) is 0 Å². The van der Waals surface area contributed by atoms with Crippen LogP contribution in [-0.4, -0.2) is 21.4 Å². The number of halogens is 1. The standard InChI is InChI=1S/C16H14BrNO4S/c1-22-14-7-2-12(3-8-14)4-11-16(19)18-23(20,21)15-9-5-13(17)6-10-15/h2-11H,1H3,(H,18,19)/b11-4+. The number of methoxy groups -OCH3 is 1. The highest BCUT2D eigenvalue weighted by molar-refractivity contribution is 9.10. The zero-order valence-electron chi connectivity index (χ0n) is 12.2. The Morgan fingerprint density at radius 2 is 1.70 bits per heavy atom. The van der Waals surface area contributed by atoms with Crippen molar-refractivity contribution < 1.29 is 17.9 Å². The number of sulfonamides is 1. The van der Waals surface area contributed by atoms with Crippen molar-refractivity contribution in [1.82, 2.24) is 4.72 Å². The minimum Gasteiger partial charge on any atom is -0.497 e. The molecule has 0 aliphatic carbocycles. The van der Waals surface area contributed by atoms with Crippen LogP contribution in [0.4, 0.5) is 0 Å². The number of amides is 1. The van der Waals surface area contributed by atoms with Crippen LogP contribution < -0.4 is 9.46 Å².